The van der Waals surface area contributed by atoms with E-state index < -0.39 is 11.2 Å². The summed E-state index contributed by atoms with van der Waals surface area (Å²) in [4.78, 5) is 33.4. The summed E-state index contributed by atoms with van der Waals surface area (Å²) in [6, 6.07) is 0. The van der Waals surface area contributed by atoms with Gasteiger partial charge in [0.25, 0.3) is 5.56 Å². The second-order valence-electron chi connectivity index (χ2n) is 6.50. The normalized spacial score (nSPS) is 19.2. The van der Waals surface area contributed by atoms with E-state index >= 15 is 0 Å². The van der Waals surface area contributed by atoms with Crippen LogP contribution in [0.15, 0.2) is 20.7 Å². The molecule has 0 spiro atoms. The molecule has 8 heteroatoms. The van der Waals surface area contributed by atoms with Gasteiger partial charge in [0, 0.05) is 31.7 Å². The van der Waals surface area contributed by atoms with Gasteiger partial charge in [-0.15, -0.1) is 0 Å². The average Bonchev–Trinajstić information content (AvgIpc) is 2.91. The summed E-state index contributed by atoms with van der Waals surface area (Å²) < 4.78 is 3.22. The Morgan fingerprint density at radius 2 is 2.21 bits per heavy atom. The van der Waals surface area contributed by atoms with Gasteiger partial charge in [0.2, 0.25) is 5.95 Å². The highest BCUT2D eigenvalue weighted by molar-refractivity contribution is 6.29. The Morgan fingerprint density at radius 3 is 2.88 bits per heavy atom. The third kappa shape index (κ3) is 3.00. The third-order valence-corrected chi connectivity index (χ3v) is 4.64. The van der Waals surface area contributed by atoms with E-state index in [1.165, 1.54) is 11.0 Å². The fraction of sp³-hybridized carbons (Fsp3) is 0.562. The van der Waals surface area contributed by atoms with Crippen LogP contribution in [-0.4, -0.2) is 32.2 Å². The van der Waals surface area contributed by atoms with Gasteiger partial charge in [0.05, 0.1) is 0 Å². The molecule has 3 heterocycles. The molecule has 0 aliphatic carbocycles. The van der Waals surface area contributed by atoms with Gasteiger partial charge in [-0.2, -0.15) is 4.98 Å². The Labute approximate surface area is 144 Å². The quantitative estimate of drug-likeness (QED) is 0.914. The Bertz CT molecular complexity index is 904. The molecule has 7 nitrogen and oxygen atoms in total. The average molecular weight is 352 g/mol. The summed E-state index contributed by atoms with van der Waals surface area (Å²) in [6.07, 6.45) is 4.12. The molecule has 24 heavy (non-hydrogen) atoms. The van der Waals surface area contributed by atoms with Crippen molar-refractivity contribution in [2.75, 3.05) is 18.0 Å². The van der Waals surface area contributed by atoms with Crippen molar-refractivity contribution in [3.05, 3.63) is 31.9 Å². The molecule has 1 N–H and O–H groups in total. The number of allylic oxidation sites excluding steroid dienone is 2. The van der Waals surface area contributed by atoms with E-state index in [0.29, 0.717) is 28.7 Å². The van der Waals surface area contributed by atoms with E-state index in [1.54, 1.807) is 14.0 Å². The number of aryl methyl sites for hydroxylation is 1. The Balaban J connectivity index is 2.23. The van der Waals surface area contributed by atoms with Gasteiger partial charge in [0.15, 0.2) is 11.2 Å². The molecular weight excluding hydrogens is 330 g/mol. The first-order valence-corrected chi connectivity index (χ1v) is 8.53. The van der Waals surface area contributed by atoms with Crippen molar-refractivity contribution in [1.29, 1.82) is 0 Å². The van der Waals surface area contributed by atoms with Crippen molar-refractivity contribution >= 4 is 28.7 Å². The molecule has 1 saturated heterocycles. The van der Waals surface area contributed by atoms with Gasteiger partial charge in [-0.25, -0.2) is 4.79 Å². The number of rotatable bonds is 3. The van der Waals surface area contributed by atoms with Crippen LogP contribution in [0.1, 0.15) is 26.7 Å². The molecule has 1 aliphatic heterocycles. The first kappa shape index (κ1) is 16.8. The predicted molar refractivity (Wildman–Crippen MR) is 95.8 cm³/mol. The first-order valence-electron chi connectivity index (χ1n) is 8.15. The lowest BCUT2D eigenvalue weighted by atomic mass is 10.0. The van der Waals surface area contributed by atoms with E-state index in [9.17, 15) is 9.59 Å². The maximum absolute atomic E-state index is 12.4. The van der Waals surface area contributed by atoms with Crippen LogP contribution in [0.25, 0.3) is 11.2 Å². The van der Waals surface area contributed by atoms with Crippen molar-refractivity contribution in [1.82, 2.24) is 19.1 Å². The number of imidazole rings is 1. The molecular formula is C16H22ClN5O2. The minimum atomic E-state index is -0.459. The van der Waals surface area contributed by atoms with E-state index in [2.05, 4.69) is 21.8 Å². The molecule has 0 amide bonds. The largest absolute Gasteiger partial charge is 0.342 e. The molecule has 2 aromatic rings. The van der Waals surface area contributed by atoms with Gasteiger partial charge >= 0.3 is 5.69 Å². The highest BCUT2D eigenvalue weighted by Gasteiger charge is 2.24. The zero-order valence-electron chi connectivity index (χ0n) is 14.2. The Hall–Kier alpha value is -2.02. The van der Waals surface area contributed by atoms with Gasteiger partial charge in [-0.3, -0.25) is 14.3 Å². The minimum absolute atomic E-state index is 0.401. The zero-order valence-corrected chi connectivity index (χ0v) is 14.9. The predicted octanol–water partition coefficient (Wildman–Crippen LogP) is 1.80. The molecule has 3 rings (SSSR count). The van der Waals surface area contributed by atoms with Crippen molar-refractivity contribution in [3.8, 4) is 0 Å². The second-order valence-corrected chi connectivity index (χ2v) is 7.09. The molecule has 1 aliphatic rings. The van der Waals surface area contributed by atoms with Crippen molar-refractivity contribution in [2.24, 2.45) is 13.0 Å². The molecule has 0 radical (unpaired) electrons. The SMILES string of the molecule is CC(Cl)=CCn1c(N2CCCC(C)C2)nc2c1c(=O)[nH]c(=O)n2C. The smallest absolute Gasteiger partial charge is 0.329 e. The summed E-state index contributed by atoms with van der Waals surface area (Å²) in [5, 5.41) is 0.649. The second kappa shape index (κ2) is 6.47. The number of H-pyrrole nitrogens is 1. The number of piperidine rings is 1. The summed E-state index contributed by atoms with van der Waals surface area (Å²) in [7, 11) is 1.61. The molecule has 1 fully saturated rings. The van der Waals surface area contributed by atoms with Crippen LogP contribution in [0.2, 0.25) is 0 Å². The minimum Gasteiger partial charge on any atom is -0.342 e. The number of fused-ring (bicyclic) bond motifs is 1. The summed E-state index contributed by atoms with van der Waals surface area (Å²) >= 11 is 5.98. The maximum atomic E-state index is 12.4. The van der Waals surface area contributed by atoms with Crippen molar-refractivity contribution < 1.29 is 0 Å². The lowest BCUT2D eigenvalue weighted by molar-refractivity contribution is 0.439. The van der Waals surface area contributed by atoms with E-state index in [0.717, 1.165) is 25.5 Å². The monoisotopic (exact) mass is 351 g/mol. The van der Waals surface area contributed by atoms with Gasteiger partial charge in [-0.1, -0.05) is 24.6 Å². The van der Waals surface area contributed by atoms with Crippen LogP contribution in [-0.2, 0) is 13.6 Å². The highest BCUT2D eigenvalue weighted by Crippen LogP contribution is 2.25. The van der Waals surface area contributed by atoms with Crippen molar-refractivity contribution in [2.45, 2.75) is 33.2 Å². The molecule has 1 unspecified atom stereocenters. The van der Waals surface area contributed by atoms with E-state index in [1.807, 2.05) is 10.6 Å². The number of nitrogens with zero attached hydrogens (tertiary/aromatic N) is 4. The standard InChI is InChI=1S/C16H22ClN5O2/c1-10-5-4-7-21(9-10)15-18-13-12(22(15)8-6-11(2)17)14(23)19-16(24)20(13)3/h6,10H,4-5,7-9H2,1-3H3,(H,19,23,24). The third-order valence-electron chi connectivity index (χ3n) is 4.48. The fourth-order valence-corrected chi connectivity index (χ4v) is 3.29. The first-order chi connectivity index (χ1) is 11.4. The zero-order chi connectivity index (χ0) is 17.4. The number of hydrogen-bond donors (Lipinski definition) is 1. The molecule has 1 atom stereocenters. The summed E-state index contributed by atoms with van der Waals surface area (Å²) in [5.41, 5.74) is -0.0746. The van der Waals surface area contributed by atoms with E-state index in [4.69, 9.17) is 11.6 Å². The molecule has 2 aromatic heterocycles. The van der Waals surface area contributed by atoms with Gasteiger partial charge < -0.3 is 9.47 Å². The number of anilines is 1. The molecule has 0 aromatic carbocycles. The molecule has 0 saturated carbocycles. The number of aromatic nitrogens is 4. The number of halogens is 1. The maximum Gasteiger partial charge on any atom is 0.329 e. The van der Waals surface area contributed by atoms with Crippen molar-refractivity contribution in [3.63, 3.8) is 0 Å². The summed E-state index contributed by atoms with van der Waals surface area (Å²) in [5.74, 6) is 1.29. The van der Waals surface area contributed by atoms with E-state index in [-0.39, 0.29) is 0 Å². The highest BCUT2D eigenvalue weighted by atomic mass is 35.5. The van der Waals surface area contributed by atoms with Crippen LogP contribution in [0.4, 0.5) is 5.95 Å². The Kier molecular flexibility index (Phi) is 4.54. The molecule has 0 bridgehead atoms. The lowest BCUT2D eigenvalue weighted by Crippen LogP contribution is -2.36. The topological polar surface area (TPSA) is 75.9 Å². The lowest BCUT2D eigenvalue weighted by Gasteiger charge is -2.31. The fourth-order valence-electron chi connectivity index (χ4n) is 3.23. The van der Waals surface area contributed by atoms with Gasteiger partial charge in [0.1, 0.15) is 0 Å². The number of nitrogens with one attached hydrogen (secondary N) is 1. The van der Waals surface area contributed by atoms with Crippen LogP contribution in [0.3, 0.4) is 0 Å². The number of aromatic amines is 1. The summed E-state index contributed by atoms with van der Waals surface area (Å²) in [6.45, 7) is 6.23. The Morgan fingerprint density at radius 1 is 1.46 bits per heavy atom. The van der Waals surface area contributed by atoms with Gasteiger partial charge in [-0.05, 0) is 25.7 Å². The molecule has 130 valence electrons. The van der Waals surface area contributed by atoms with Crippen LogP contribution in [0, 0.1) is 5.92 Å². The van der Waals surface area contributed by atoms with Crippen LogP contribution >= 0.6 is 11.6 Å². The van der Waals surface area contributed by atoms with Crippen LogP contribution in [0.5, 0.6) is 0 Å². The van der Waals surface area contributed by atoms with Crippen LogP contribution < -0.4 is 16.1 Å². The number of hydrogen-bond acceptors (Lipinski definition) is 4.